The molecule has 2 rings (SSSR count). The van der Waals surface area contributed by atoms with E-state index in [9.17, 15) is 13.8 Å². The van der Waals surface area contributed by atoms with E-state index in [1.165, 1.54) is 0 Å². The van der Waals surface area contributed by atoms with Crippen LogP contribution in [0.4, 0.5) is 0 Å². The number of ether oxygens (including phenoxy) is 2. The smallest absolute Gasteiger partial charge is 0.379 e. The van der Waals surface area contributed by atoms with Crippen molar-refractivity contribution in [1.29, 1.82) is 0 Å². The zero-order chi connectivity index (χ0) is 13.9. The highest BCUT2D eigenvalue weighted by Gasteiger charge is 2.54. The van der Waals surface area contributed by atoms with Crippen molar-refractivity contribution in [2.75, 3.05) is 19.0 Å². The summed E-state index contributed by atoms with van der Waals surface area (Å²) in [6.45, 7) is 1.86. The number of carbonyl (C=O) groups is 2. The summed E-state index contributed by atoms with van der Waals surface area (Å²) in [5.74, 6) is -1.70. The maximum absolute atomic E-state index is 12.3. The summed E-state index contributed by atoms with van der Waals surface area (Å²) in [4.78, 5) is 22.2. The third-order valence-corrected chi connectivity index (χ3v) is 4.53. The van der Waals surface area contributed by atoms with Gasteiger partial charge in [-0.15, -0.1) is 0 Å². The van der Waals surface area contributed by atoms with Crippen LogP contribution >= 0.6 is 0 Å². The number of ketones is 1. The van der Waals surface area contributed by atoms with Crippen molar-refractivity contribution >= 4 is 22.6 Å². The summed E-state index contributed by atoms with van der Waals surface area (Å²) in [6.07, 6.45) is 0. The minimum atomic E-state index is -1.71. The van der Waals surface area contributed by atoms with E-state index in [4.69, 9.17) is 9.47 Å². The molecule has 102 valence electrons. The van der Waals surface area contributed by atoms with E-state index in [0.717, 1.165) is 0 Å². The number of carbonyl (C=O) groups excluding carboxylic acids is 2. The second-order valence-electron chi connectivity index (χ2n) is 3.93. The Morgan fingerprint density at radius 2 is 2.05 bits per heavy atom. The first kappa shape index (κ1) is 13.9. The molecule has 5 nitrogen and oxygen atoms in total. The summed E-state index contributed by atoms with van der Waals surface area (Å²) in [6, 6.07) is 8.42. The first-order valence-corrected chi connectivity index (χ1v) is 7.24. The fraction of sp³-hybridized carbons (Fsp3) is 0.385. The quantitative estimate of drug-likeness (QED) is 0.602. The van der Waals surface area contributed by atoms with Gasteiger partial charge in [-0.1, -0.05) is 30.3 Å². The maximum atomic E-state index is 12.3. The molecule has 0 amide bonds. The molecular weight excluding hydrogens is 268 g/mol. The molecule has 0 spiro atoms. The predicted molar refractivity (Wildman–Crippen MR) is 68.7 cm³/mol. The van der Waals surface area contributed by atoms with Crippen LogP contribution in [-0.4, -0.2) is 34.9 Å². The molecule has 6 heteroatoms. The second kappa shape index (κ2) is 5.63. The van der Waals surface area contributed by atoms with Crippen molar-refractivity contribution < 1.29 is 23.3 Å². The highest BCUT2D eigenvalue weighted by molar-refractivity contribution is 7.87. The number of Topliss-reactive ketones (excluding diaryl/α,β-unsaturated/α-hetero) is 1. The highest BCUT2D eigenvalue weighted by Crippen LogP contribution is 2.35. The highest BCUT2D eigenvalue weighted by atomic mass is 32.2. The Balaban J connectivity index is 2.45. The summed E-state index contributed by atoms with van der Waals surface area (Å²) < 4.78 is 22.3. The van der Waals surface area contributed by atoms with Crippen molar-refractivity contribution in [3.63, 3.8) is 0 Å². The Morgan fingerprint density at radius 3 is 2.58 bits per heavy atom. The van der Waals surface area contributed by atoms with Gasteiger partial charge in [-0.05, 0) is 6.92 Å². The van der Waals surface area contributed by atoms with E-state index >= 15 is 0 Å². The third kappa shape index (κ3) is 2.33. The Kier molecular flexibility index (Phi) is 4.11. The Hall–Kier alpha value is -1.53. The number of benzene rings is 1. The van der Waals surface area contributed by atoms with Crippen LogP contribution < -0.4 is 0 Å². The molecular formula is C13H14O5S. The molecule has 0 saturated carbocycles. The molecule has 0 bridgehead atoms. The Morgan fingerprint density at radius 1 is 1.37 bits per heavy atom. The van der Waals surface area contributed by atoms with Gasteiger partial charge in [0.25, 0.3) is 5.78 Å². The topological polar surface area (TPSA) is 69.7 Å². The van der Waals surface area contributed by atoms with E-state index in [2.05, 4.69) is 0 Å². The maximum Gasteiger partial charge on any atom is 0.379 e. The fourth-order valence-electron chi connectivity index (χ4n) is 1.97. The summed E-state index contributed by atoms with van der Waals surface area (Å²) in [7, 11) is -1.60. The number of esters is 1. The van der Waals surface area contributed by atoms with Crippen LogP contribution in [0.3, 0.4) is 0 Å². The molecule has 1 fully saturated rings. The van der Waals surface area contributed by atoms with Crippen molar-refractivity contribution in [1.82, 2.24) is 0 Å². The first-order valence-electron chi connectivity index (χ1n) is 5.92. The lowest BCUT2D eigenvalue weighted by molar-refractivity contribution is -0.160. The van der Waals surface area contributed by atoms with Crippen LogP contribution in [0.25, 0.3) is 0 Å². The van der Waals surface area contributed by atoms with E-state index < -0.39 is 27.5 Å². The lowest BCUT2D eigenvalue weighted by Gasteiger charge is -2.24. The summed E-state index contributed by atoms with van der Waals surface area (Å²) >= 11 is 0. The Bertz CT molecular complexity index is 513. The molecule has 0 N–H and O–H groups in total. The lowest BCUT2D eigenvalue weighted by Crippen LogP contribution is -2.43. The fourth-order valence-corrected chi connectivity index (χ4v) is 3.40. The van der Waals surface area contributed by atoms with Crippen molar-refractivity contribution in [3.8, 4) is 0 Å². The van der Waals surface area contributed by atoms with Gasteiger partial charge >= 0.3 is 5.97 Å². The number of hydrogen-bond acceptors (Lipinski definition) is 5. The molecule has 1 aliphatic rings. The monoisotopic (exact) mass is 282 g/mol. The molecule has 0 aliphatic carbocycles. The predicted octanol–water partition coefficient (Wildman–Crippen LogP) is 0.751. The van der Waals surface area contributed by atoms with Crippen LogP contribution in [0, 0.1) is 0 Å². The van der Waals surface area contributed by atoms with Gasteiger partial charge in [0.05, 0.1) is 29.8 Å². The van der Waals surface area contributed by atoms with E-state index in [0.29, 0.717) is 5.56 Å². The third-order valence-electron chi connectivity index (χ3n) is 2.81. The Labute approximate surface area is 113 Å². The minimum absolute atomic E-state index is 0.0854. The first-order chi connectivity index (χ1) is 9.13. The van der Waals surface area contributed by atoms with Gasteiger partial charge in [0.2, 0.25) is 4.93 Å². The standard InChI is InChI=1S/C13H14O5S/c1-2-17-12(15)11(14)13(18-8-9-19(13)16)10-6-4-3-5-7-10/h3-7H,2,8-9H2,1H3/t13-,19?/m0/s1. The molecule has 1 unspecified atom stereocenters. The van der Waals surface area contributed by atoms with Crippen LogP contribution in [0.5, 0.6) is 0 Å². The molecule has 1 saturated heterocycles. The summed E-state index contributed by atoms with van der Waals surface area (Å²) in [5.41, 5.74) is 0.420. The van der Waals surface area contributed by atoms with Crippen LogP contribution in [0.2, 0.25) is 0 Å². The van der Waals surface area contributed by atoms with Crippen molar-refractivity contribution in [2.45, 2.75) is 11.9 Å². The lowest BCUT2D eigenvalue weighted by atomic mass is 10.0. The number of rotatable bonds is 4. The van der Waals surface area contributed by atoms with E-state index in [-0.39, 0.29) is 19.0 Å². The van der Waals surface area contributed by atoms with Gasteiger partial charge in [0.1, 0.15) is 0 Å². The average molecular weight is 282 g/mol. The van der Waals surface area contributed by atoms with Gasteiger partial charge in [-0.25, -0.2) is 4.79 Å². The van der Waals surface area contributed by atoms with Crippen LogP contribution in [-0.2, 0) is 34.8 Å². The zero-order valence-corrected chi connectivity index (χ0v) is 11.3. The van der Waals surface area contributed by atoms with Crippen LogP contribution in [0.1, 0.15) is 12.5 Å². The molecule has 2 atom stereocenters. The van der Waals surface area contributed by atoms with E-state index in [1.807, 2.05) is 0 Å². The SMILES string of the molecule is CCOC(=O)C(=O)[C@@]1(c2ccccc2)OCCS1=O. The van der Waals surface area contributed by atoms with Gasteiger partial charge in [-0.3, -0.25) is 9.00 Å². The van der Waals surface area contributed by atoms with Gasteiger partial charge in [0, 0.05) is 5.56 Å². The van der Waals surface area contributed by atoms with E-state index in [1.54, 1.807) is 37.3 Å². The molecule has 1 aliphatic heterocycles. The molecule has 0 radical (unpaired) electrons. The molecule has 19 heavy (non-hydrogen) atoms. The van der Waals surface area contributed by atoms with Crippen molar-refractivity contribution in [3.05, 3.63) is 35.9 Å². The van der Waals surface area contributed by atoms with Gasteiger partial charge in [0.15, 0.2) is 0 Å². The van der Waals surface area contributed by atoms with Gasteiger partial charge in [-0.2, -0.15) is 0 Å². The molecule has 1 aromatic rings. The largest absolute Gasteiger partial charge is 0.460 e. The van der Waals surface area contributed by atoms with Crippen molar-refractivity contribution in [2.24, 2.45) is 0 Å². The van der Waals surface area contributed by atoms with Crippen LogP contribution in [0.15, 0.2) is 30.3 Å². The van der Waals surface area contributed by atoms with Gasteiger partial charge < -0.3 is 9.47 Å². The average Bonchev–Trinajstić information content (AvgIpc) is 2.82. The second-order valence-corrected chi connectivity index (χ2v) is 5.60. The zero-order valence-electron chi connectivity index (χ0n) is 10.5. The minimum Gasteiger partial charge on any atom is -0.460 e. The summed E-state index contributed by atoms with van der Waals surface area (Å²) in [5, 5.41) is 0. The number of hydrogen-bond donors (Lipinski definition) is 0. The normalized spacial score (nSPS) is 26.1. The molecule has 0 aromatic heterocycles. The molecule has 1 aromatic carbocycles. The molecule has 1 heterocycles.